The summed E-state index contributed by atoms with van der Waals surface area (Å²) in [6.07, 6.45) is 9.18. The highest BCUT2D eigenvalue weighted by atomic mass is 16.4. The minimum absolute atomic E-state index is 0.0338. The van der Waals surface area contributed by atoms with Gasteiger partial charge >= 0.3 is 5.97 Å². The molecule has 5 rings (SSSR count). The molecule has 194 valence electrons. The van der Waals surface area contributed by atoms with Crippen LogP contribution in [0.5, 0.6) is 0 Å². The van der Waals surface area contributed by atoms with Gasteiger partial charge in [-0.2, -0.15) is 0 Å². The molecule has 0 aromatic carbocycles. The van der Waals surface area contributed by atoms with Crippen molar-refractivity contribution in [3.8, 4) is 0 Å². The number of carbonyl (C=O) groups is 1. The monoisotopic (exact) mass is 474 g/mol. The van der Waals surface area contributed by atoms with Crippen LogP contribution in [0.1, 0.15) is 113 Å². The Kier molecular flexibility index (Phi) is 5.34. The Morgan fingerprint density at radius 3 is 2.06 bits per heavy atom. The van der Waals surface area contributed by atoms with Gasteiger partial charge in [0.1, 0.15) is 0 Å². The Balaban J connectivity index is 1.56. The summed E-state index contributed by atoms with van der Waals surface area (Å²) in [6, 6.07) is 0. The Morgan fingerprint density at radius 1 is 0.765 bits per heavy atom. The SMILES string of the molecule is CC1(C)[C@@H](O)CC[C@]2(C)[C@H]3[C@H](O)C[C@@H]4[C@@H]5C[C@@](C)(C(=O)O)CC[C@]5(C)CC[C@@]4(C)[C@]3(C)CC[C@@H]12. The van der Waals surface area contributed by atoms with Crippen LogP contribution in [0.15, 0.2) is 0 Å². The number of aliphatic hydroxyl groups excluding tert-OH is 2. The van der Waals surface area contributed by atoms with E-state index >= 15 is 0 Å². The van der Waals surface area contributed by atoms with E-state index in [1.54, 1.807) is 0 Å². The summed E-state index contributed by atoms with van der Waals surface area (Å²) in [6.45, 7) is 16.3. The first-order valence-electron chi connectivity index (χ1n) is 14.1. The number of hydrogen-bond acceptors (Lipinski definition) is 3. The molecule has 34 heavy (non-hydrogen) atoms. The molecule has 5 aliphatic carbocycles. The summed E-state index contributed by atoms with van der Waals surface area (Å²) in [4.78, 5) is 12.3. The average molecular weight is 475 g/mol. The van der Waals surface area contributed by atoms with Crippen LogP contribution in [-0.2, 0) is 4.79 Å². The molecule has 0 saturated heterocycles. The number of carboxylic acid groups (broad SMARTS) is 1. The van der Waals surface area contributed by atoms with E-state index in [-0.39, 0.29) is 45.2 Å². The smallest absolute Gasteiger partial charge is 0.309 e. The average Bonchev–Trinajstić information content (AvgIpc) is 2.73. The molecule has 4 nitrogen and oxygen atoms in total. The maximum Gasteiger partial charge on any atom is 0.309 e. The standard InChI is InChI=1S/C30H50O4/c1-25(2)21-8-11-30(7)23(28(21,5)10-9-22(25)32)20(31)16-18-19-17-27(4,24(33)34)13-12-26(19,3)14-15-29(18,30)6/h18-23,31-32H,8-17H2,1-7H3,(H,33,34)/t18-,19+,20-,21+,22+,23-,26-,27+,28+,29-,30-/m1/s1. The van der Waals surface area contributed by atoms with Crippen LogP contribution in [0.4, 0.5) is 0 Å². The predicted octanol–water partition coefficient (Wildman–Crippen LogP) is 6.28. The number of rotatable bonds is 1. The zero-order chi connectivity index (χ0) is 25.1. The Hall–Kier alpha value is -0.610. The molecule has 0 bridgehead atoms. The van der Waals surface area contributed by atoms with E-state index < -0.39 is 11.4 Å². The van der Waals surface area contributed by atoms with Crippen molar-refractivity contribution in [3.63, 3.8) is 0 Å². The molecule has 0 radical (unpaired) electrons. The van der Waals surface area contributed by atoms with Crippen molar-refractivity contribution in [1.29, 1.82) is 0 Å². The molecule has 0 aromatic heterocycles. The number of hydrogen-bond donors (Lipinski definition) is 3. The molecule has 5 saturated carbocycles. The van der Waals surface area contributed by atoms with Crippen molar-refractivity contribution in [3.05, 3.63) is 0 Å². The highest BCUT2D eigenvalue weighted by Gasteiger charge is 2.71. The molecule has 3 N–H and O–H groups in total. The first kappa shape index (κ1) is 25.1. The summed E-state index contributed by atoms with van der Waals surface area (Å²) < 4.78 is 0. The second kappa shape index (κ2) is 7.24. The topological polar surface area (TPSA) is 77.8 Å². The van der Waals surface area contributed by atoms with Gasteiger partial charge in [0.25, 0.3) is 0 Å². The lowest BCUT2D eigenvalue weighted by Crippen LogP contribution is -2.70. The second-order valence-corrected chi connectivity index (χ2v) is 15.5. The maximum atomic E-state index is 12.3. The van der Waals surface area contributed by atoms with Gasteiger partial charge in [0, 0.05) is 0 Å². The van der Waals surface area contributed by atoms with E-state index in [4.69, 9.17) is 0 Å². The van der Waals surface area contributed by atoms with Gasteiger partial charge in [-0.25, -0.2) is 0 Å². The van der Waals surface area contributed by atoms with Crippen LogP contribution in [0.3, 0.4) is 0 Å². The lowest BCUT2D eigenvalue weighted by molar-refractivity contribution is -0.281. The molecule has 11 atom stereocenters. The zero-order valence-electron chi connectivity index (χ0n) is 22.8. The van der Waals surface area contributed by atoms with Crippen molar-refractivity contribution in [2.24, 2.45) is 56.2 Å². The van der Waals surface area contributed by atoms with E-state index in [0.29, 0.717) is 17.8 Å². The van der Waals surface area contributed by atoms with Crippen LogP contribution >= 0.6 is 0 Å². The third-order valence-corrected chi connectivity index (χ3v) is 13.9. The number of carboxylic acids is 1. The molecular formula is C30H50O4. The largest absolute Gasteiger partial charge is 0.481 e. The van der Waals surface area contributed by atoms with Gasteiger partial charge in [-0.05, 0) is 122 Å². The Bertz CT molecular complexity index is 868. The first-order chi connectivity index (χ1) is 15.6. The van der Waals surface area contributed by atoms with E-state index in [0.717, 1.165) is 51.4 Å². The molecule has 0 unspecified atom stereocenters. The number of fused-ring (bicyclic) bond motifs is 7. The van der Waals surface area contributed by atoms with Crippen molar-refractivity contribution in [2.45, 2.75) is 125 Å². The summed E-state index contributed by atoms with van der Waals surface area (Å²) >= 11 is 0. The van der Waals surface area contributed by atoms with Gasteiger partial charge < -0.3 is 15.3 Å². The van der Waals surface area contributed by atoms with Crippen LogP contribution < -0.4 is 0 Å². The molecule has 5 aliphatic rings. The normalized spacial score (nSPS) is 58.6. The van der Waals surface area contributed by atoms with E-state index in [2.05, 4.69) is 41.5 Å². The highest BCUT2D eigenvalue weighted by molar-refractivity contribution is 5.74. The van der Waals surface area contributed by atoms with Gasteiger partial charge in [0.05, 0.1) is 17.6 Å². The Labute approximate surface area is 207 Å². The van der Waals surface area contributed by atoms with Crippen LogP contribution in [0, 0.1) is 56.2 Å². The zero-order valence-corrected chi connectivity index (χ0v) is 22.8. The Morgan fingerprint density at radius 2 is 1.41 bits per heavy atom. The van der Waals surface area contributed by atoms with E-state index in [9.17, 15) is 20.1 Å². The molecule has 0 aliphatic heterocycles. The van der Waals surface area contributed by atoms with Crippen LogP contribution in [0.25, 0.3) is 0 Å². The third-order valence-electron chi connectivity index (χ3n) is 13.9. The van der Waals surface area contributed by atoms with Crippen LogP contribution in [-0.4, -0.2) is 33.5 Å². The lowest BCUT2D eigenvalue weighted by Gasteiger charge is -2.74. The van der Waals surface area contributed by atoms with E-state index in [1.165, 1.54) is 12.8 Å². The first-order valence-corrected chi connectivity index (χ1v) is 14.1. The molecule has 5 fully saturated rings. The molecule has 0 spiro atoms. The number of aliphatic carboxylic acids is 1. The predicted molar refractivity (Wildman–Crippen MR) is 134 cm³/mol. The fourth-order valence-electron chi connectivity index (χ4n) is 11.4. The second-order valence-electron chi connectivity index (χ2n) is 15.5. The van der Waals surface area contributed by atoms with Gasteiger partial charge in [-0.1, -0.05) is 41.5 Å². The van der Waals surface area contributed by atoms with Crippen molar-refractivity contribution < 1.29 is 20.1 Å². The van der Waals surface area contributed by atoms with Gasteiger partial charge in [-0.3, -0.25) is 4.79 Å². The fourth-order valence-corrected chi connectivity index (χ4v) is 11.4. The van der Waals surface area contributed by atoms with Gasteiger partial charge in [-0.15, -0.1) is 0 Å². The van der Waals surface area contributed by atoms with Crippen molar-refractivity contribution in [2.75, 3.05) is 0 Å². The quantitative estimate of drug-likeness (QED) is 0.418. The van der Waals surface area contributed by atoms with Crippen molar-refractivity contribution >= 4 is 5.97 Å². The highest BCUT2D eigenvalue weighted by Crippen LogP contribution is 2.76. The van der Waals surface area contributed by atoms with Crippen LogP contribution in [0.2, 0.25) is 0 Å². The number of aliphatic hydroxyl groups is 2. The molecule has 4 heteroatoms. The minimum Gasteiger partial charge on any atom is -0.481 e. The summed E-state index contributed by atoms with van der Waals surface area (Å²) in [5, 5.41) is 33.0. The maximum absolute atomic E-state index is 12.3. The summed E-state index contributed by atoms with van der Waals surface area (Å²) in [5.41, 5.74) is -0.378. The molecule has 0 amide bonds. The molecular weight excluding hydrogens is 424 g/mol. The fraction of sp³-hybridized carbons (Fsp3) is 0.967. The molecule has 0 heterocycles. The van der Waals surface area contributed by atoms with Gasteiger partial charge in [0.2, 0.25) is 0 Å². The molecule has 0 aromatic rings. The summed E-state index contributed by atoms with van der Waals surface area (Å²) in [7, 11) is 0. The third kappa shape index (κ3) is 2.93. The summed E-state index contributed by atoms with van der Waals surface area (Å²) in [5.74, 6) is 0.770. The minimum atomic E-state index is -0.641. The lowest BCUT2D eigenvalue weighted by atomic mass is 9.31. The van der Waals surface area contributed by atoms with Crippen molar-refractivity contribution in [1.82, 2.24) is 0 Å². The van der Waals surface area contributed by atoms with E-state index in [1.807, 2.05) is 6.92 Å². The van der Waals surface area contributed by atoms with Gasteiger partial charge in [0.15, 0.2) is 0 Å².